The second kappa shape index (κ2) is 11.5. The minimum Gasteiger partial charge on any atom is -0.475 e. The summed E-state index contributed by atoms with van der Waals surface area (Å²) < 4.78 is 80.5. The molecule has 216 valence electrons. The standard InChI is InChI=1S/C20H20F3N7O3.C2HF3O2/c21-20(22,23)32-14-3-4-15(11-1-2-11)16(8-14)17-27-19(33-28-17)18(31)26-12-7-13(24-9-12)10-30-6-5-25-29-30;3-2(4,5)1(6)7/h3-6,8,11-13,24H,1-2,7,9-10H2,(H,26,31);(H,6,7)/t12-,13+;/m1./s1. The van der Waals surface area contributed by atoms with Gasteiger partial charge in [0.1, 0.15) is 5.75 Å². The van der Waals surface area contributed by atoms with Crippen LogP contribution in [0, 0.1) is 0 Å². The highest BCUT2D eigenvalue weighted by Gasteiger charge is 2.38. The Balaban J connectivity index is 0.000000470. The Morgan fingerprint density at radius 2 is 1.93 bits per heavy atom. The lowest BCUT2D eigenvalue weighted by molar-refractivity contribution is -0.274. The fourth-order valence-electron chi connectivity index (χ4n) is 3.97. The molecule has 1 saturated heterocycles. The molecule has 1 aliphatic heterocycles. The number of alkyl halides is 6. The van der Waals surface area contributed by atoms with Crippen molar-refractivity contribution in [2.45, 2.75) is 56.3 Å². The van der Waals surface area contributed by atoms with Crippen molar-refractivity contribution < 1.29 is 50.3 Å². The maximum Gasteiger partial charge on any atom is 0.573 e. The van der Waals surface area contributed by atoms with Crippen molar-refractivity contribution in [1.82, 2.24) is 35.8 Å². The van der Waals surface area contributed by atoms with Crippen LogP contribution < -0.4 is 15.4 Å². The van der Waals surface area contributed by atoms with Crippen molar-refractivity contribution in [2.24, 2.45) is 0 Å². The van der Waals surface area contributed by atoms with Crippen LogP contribution in [0.4, 0.5) is 26.3 Å². The first-order chi connectivity index (χ1) is 18.8. The third-order valence-electron chi connectivity index (χ3n) is 5.82. The number of ether oxygens (including phenoxy) is 1. The van der Waals surface area contributed by atoms with E-state index in [4.69, 9.17) is 14.4 Å². The van der Waals surface area contributed by atoms with E-state index in [0.29, 0.717) is 25.1 Å². The Morgan fingerprint density at radius 3 is 2.52 bits per heavy atom. The number of nitrogens with zero attached hydrogens (tertiary/aromatic N) is 5. The van der Waals surface area contributed by atoms with E-state index in [9.17, 15) is 31.1 Å². The van der Waals surface area contributed by atoms with Crippen molar-refractivity contribution in [3.63, 3.8) is 0 Å². The molecule has 2 aliphatic rings. The van der Waals surface area contributed by atoms with Gasteiger partial charge < -0.3 is 25.0 Å². The van der Waals surface area contributed by atoms with E-state index in [0.717, 1.165) is 18.4 Å². The summed E-state index contributed by atoms with van der Waals surface area (Å²) >= 11 is 0. The minimum atomic E-state index is -5.08. The van der Waals surface area contributed by atoms with Gasteiger partial charge in [0.15, 0.2) is 0 Å². The average Bonchev–Trinajstić information content (AvgIpc) is 3.23. The highest BCUT2D eigenvalue weighted by Crippen LogP contribution is 2.45. The zero-order valence-electron chi connectivity index (χ0n) is 20.2. The molecular weight excluding hydrogens is 556 g/mol. The monoisotopic (exact) mass is 577 g/mol. The number of carboxylic acids is 1. The van der Waals surface area contributed by atoms with Gasteiger partial charge >= 0.3 is 30.3 Å². The Labute approximate surface area is 220 Å². The quantitative estimate of drug-likeness (QED) is 0.357. The molecular formula is C22H21F6N7O5. The van der Waals surface area contributed by atoms with E-state index in [2.05, 4.69) is 35.8 Å². The van der Waals surface area contributed by atoms with Crippen molar-refractivity contribution in [2.75, 3.05) is 6.54 Å². The Bertz CT molecular complexity index is 1320. The van der Waals surface area contributed by atoms with Gasteiger partial charge in [0.25, 0.3) is 0 Å². The molecule has 3 heterocycles. The minimum absolute atomic E-state index is 0.0447. The van der Waals surface area contributed by atoms with Crippen LogP contribution in [0.15, 0.2) is 35.1 Å². The zero-order valence-corrected chi connectivity index (χ0v) is 20.2. The summed E-state index contributed by atoms with van der Waals surface area (Å²) in [5.74, 6) is -3.68. The van der Waals surface area contributed by atoms with Gasteiger partial charge in [-0.15, -0.1) is 18.3 Å². The summed E-state index contributed by atoms with van der Waals surface area (Å²) in [6.45, 7) is 1.19. The van der Waals surface area contributed by atoms with Crippen molar-refractivity contribution in [1.29, 1.82) is 0 Å². The summed E-state index contributed by atoms with van der Waals surface area (Å²) in [4.78, 5) is 25.7. The number of carboxylic acid groups (broad SMARTS) is 1. The molecule has 0 spiro atoms. The molecule has 2 atom stereocenters. The number of hydrogen-bond donors (Lipinski definition) is 3. The summed E-state index contributed by atoms with van der Waals surface area (Å²) in [5, 5.41) is 24.8. The first kappa shape index (κ1) is 28.8. The molecule has 5 rings (SSSR count). The predicted molar refractivity (Wildman–Crippen MR) is 120 cm³/mol. The molecule has 1 saturated carbocycles. The molecule has 0 unspecified atom stereocenters. The van der Waals surface area contributed by atoms with Gasteiger partial charge in [-0.25, -0.2) is 4.79 Å². The Kier molecular flexibility index (Phi) is 8.26. The fraction of sp³-hybridized carbons (Fsp3) is 0.455. The average molecular weight is 577 g/mol. The van der Waals surface area contributed by atoms with Crippen LogP contribution in [-0.4, -0.2) is 73.3 Å². The van der Waals surface area contributed by atoms with Crippen LogP contribution in [0.1, 0.15) is 41.4 Å². The number of rotatable bonds is 7. The van der Waals surface area contributed by atoms with Crippen LogP contribution in [0.25, 0.3) is 11.4 Å². The second-order valence-corrected chi connectivity index (χ2v) is 8.93. The van der Waals surface area contributed by atoms with Crippen LogP contribution in [0.3, 0.4) is 0 Å². The number of nitrogens with one attached hydrogen (secondary N) is 2. The first-order valence-electron chi connectivity index (χ1n) is 11.7. The van der Waals surface area contributed by atoms with E-state index in [1.807, 2.05) is 0 Å². The molecule has 1 amide bonds. The van der Waals surface area contributed by atoms with E-state index in [1.165, 1.54) is 12.1 Å². The van der Waals surface area contributed by atoms with Crippen molar-refractivity contribution >= 4 is 11.9 Å². The van der Waals surface area contributed by atoms with Crippen LogP contribution in [0.2, 0.25) is 0 Å². The summed E-state index contributed by atoms with van der Waals surface area (Å²) in [7, 11) is 0. The lowest BCUT2D eigenvalue weighted by Gasteiger charge is -2.12. The topological polar surface area (TPSA) is 157 Å². The maximum atomic E-state index is 12.6. The van der Waals surface area contributed by atoms with Gasteiger partial charge in [-0.3, -0.25) is 9.48 Å². The molecule has 18 heteroatoms. The highest BCUT2D eigenvalue weighted by molar-refractivity contribution is 5.90. The molecule has 40 heavy (non-hydrogen) atoms. The summed E-state index contributed by atoms with van der Waals surface area (Å²) in [5.41, 5.74) is 1.16. The largest absolute Gasteiger partial charge is 0.573 e. The van der Waals surface area contributed by atoms with Gasteiger partial charge in [0, 0.05) is 30.4 Å². The molecule has 12 nitrogen and oxygen atoms in total. The van der Waals surface area contributed by atoms with Crippen LogP contribution >= 0.6 is 0 Å². The van der Waals surface area contributed by atoms with Gasteiger partial charge in [0.2, 0.25) is 5.82 Å². The number of amides is 1. The highest BCUT2D eigenvalue weighted by atomic mass is 19.4. The number of aliphatic carboxylic acids is 1. The molecule has 2 fully saturated rings. The normalized spacial score (nSPS) is 19.1. The van der Waals surface area contributed by atoms with Gasteiger partial charge in [-0.2, -0.15) is 18.2 Å². The summed E-state index contributed by atoms with van der Waals surface area (Å²) in [6, 6.07) is 4.04. The third-order valence-corrected chi connectivity index (χ3v) is 5.82. The SMILES string of the molecule is O=C(N[C@H]1CN[C@H](Cn2ccnn2)C1)c1nc(-c2cc(OC(F)(F)F)ccc2C2CC2)no1.O=C(O)C(F)(F)F. The molecule has 1 aliphatic carbocycles. The van der Waals surface area contributed by atoms with E-state index in [1.54, 1.807) is 23.1 Å². The maximum absolute atomic E-state index is 12.6. The molecule has 3 aromatic rings. The number of halogens is 6. The molecule has 0 bridgehead atoms. The number of hydrogen-bond acceptors (Lipinski definition) is 9. The van der Waals surface area contributed by atoms with E-state index < -0.39 is 24.4 Å². The van der Waals surface area contributed by atoms with Gasteiger partial charge in [-0.1, -0.05) is 16.4 Å². The zero-order chi connectivity index (χ0) is 29.1. The third kappa shape index (κ3) is 7.90. The second-order valence-electron chi connectivity index (χ2n) is 8.93. The van der Waals surface area contributed by atoms with Crippen molar-refractivity contribution in [3.05, 3.63) is 42.0 Å². The molecule has 3 N–H and O–H groups in total. The van der Waals surface area contributed by atoms with E-state index >= 15 is 0 Å². The van der Waals surface area contributed by atoms with Crippen LogP contribution in [0.5, 0.6) is 5.75 Å². The van der Waals surface area contributed by atoms with Crippen LogP contribution in [-0.2, 0) is 11.3 Å². The molecule has 2 aromatic heterocycles. The summed E-state index contributed by atoms with van der Waals surface area (Å²) in [6.07, 6.45) is -4.03. The van der Waals surface area contributed by atoms with Gasteiger partial charge in [-0.05, 0) is 42.9 Å². The van der Waals surface area contributed by atoms with E-state index in [-0.39, 0.29) is 35.5 Å². The number of carbonyl (C=O) groups excluding carboxylic acids is 1. The Morgan fingerprint density at radius 1 is 1.20 bits per heavy atom. The smallest absolute Gasteiger partial charge is 0.475 e. The van der Waals surface area contributed by atoms with Crippen molar-refractivity contribution in [3.8, 4) is 17.1 Å². The Hall–Kier alpha value is -4.22. The number of benzene rings is 1. The fourth-order valence-corrected chi connectivity index (χ4v) is 3.97. The first-order valence-corrected chi connectivity index (χ1v) is 11.7. The number of aromatic nitrogens is 5. The lowest BCUT2D eigenvalue weighted by atomic mass is 10.0. The lowest BCUT2D eigenvalue weighted by Crippen LogP contribution is -2.36. The number of carbonyl (C=O) groups is 2. The predicted octanol–water partition coefficient (Wildman–Crippen LogP) is 2.90. The molecule has 0 radical (unpaired) electrons. The van der Waals surface area contributed by atoms with Gasteiger partial charge in [0.05, 0.1) is 12.7 Å². The molecule has 1 aromatic carbocycles.